The van der Waals surface area contributed by atoms with Gasteiger partial charge in [0, 0.05) is 13.2 Å². The van der Waals surface area contributed by atoms with Crippen LogP contribution < -0.4 is 15.4 Å². The minimum atomic E-state index is -0.144. The summed E-state index contributed by atoms with van der Waals surface area (Å²) in [6, 6.07) is 5.97. The maximum atomic E-state index is 11.9. The number of urea groups is 1. The molecule has 2 unspecified atom stereocenters. The molecule has 2 rings (SSSR count). The highest BCUT2D eigenvalue weighted by molar-refractivity contribution is 5.74. The Kier molecular flexibility index (Phi) is 6.07. The summed E-state index contributed by atoms with van der Waals surface area (Å²) in [5.41, 5.74) is 2.29. The van der Waals surface area contributed by atoms with Gasteiger partial charge in [-0.05, 0) is 44.7 Å². The lowest BCUT2D eigenvalue weighted by Gasteiger charge is -2.20. The van der Waals surface area contributed by atoms with Gasteiger partial charge in [0.1, 0.15) is 5.75 Å². The van der Waals surface area contributed by atoms with Crippen LogP contribution in [0.2, 0.25) is 0 Å². The van der Waals surface area contributed by atoms with Crippen LogP contribution in [0.3, 0.4) is 0 Å². The molecule has 0 saturated carbocycles. The third-order valence-electron chi connectivity index (χ3n) is 4.00. The Morgan fingerprint density at radius 2 is 2.32 bits per heavy atom. The largest absolute Gasteiger partial charge is 0.496 e. The van der Waals surface area contributed by atoms with E-state index in [9.17, 15) is 4.79 Å². The fourth-order valence-electron chi connectivity index (χ4n) is 2.76. The molecule has 1 aromatic carbocycles. The van der Waals surface area contributed by atoms with Gasteiger partial charge in [0.15, 0.2) is 0 Å². The van der Waals surface area contributed by atoms with Crippen molar-refractivity contribution in [2.24, 2.45) is 0 Å². The highest BCUT2D eigenvalue weighted by Gasteiger charge is 2.23. The molecule has 1 heterocycles. The molecule has 5 heteroatoms. The Balaban J connectivity index is 1.76. The fraction of sp³-hybridized carbons (Fsp3) is 0.588. The second kappa shape index (κ2) is 8.03. The molecule has 1 saturated heterocycles. The summed E-state index contributed by atoms with van der Waals surface area (Å²) in [5.74, 6) is 0.862. The highest BCUT2D eigenvalue weighted by Crippen LogP contribution is 2.19. The molecule has 2 atom stereocenters. The zero-order valence-corrected chi connectivity index (χ0v) is 13.6. The van der Waals surface area contributed by atoms with E-state index in [-0.39, 0.29) is 18.2 Å². The number of benzene rings is 1. The van der Waals surface area contributed by atoms with Crippen LogP contribution in [0, 0.1) is 6.92 Å². The van der Waals surface area contributed by atoms with Crippen molar-refractivity contribution in [1.82, 2.24) is 10.6 Å². The molecule has 22 heavy (non-hydrogen) atoms. The third kappa shape index (κ3) is 4.63. The summed E-state index contributed by atoms with van der Waals surface area (Å²) in [6.45, 7) is 5.40. The van der Waals surface area contributed by atoms with Gasteiger partial charge in [-0.3, -0.25) is 0 Å². The van der Waals surface area contributed by atoms with Gasteiger partial charge in [-0.15, -0.1) is 0 Å². The number of nitrogens with one attached hydrogen (secondary N) is 2. The number of carbonyl (C=O) groups is 1. The van der Waals surface area contributed by atoms with Crippen molar-refractivity contribution in [2.75, 3.05) is 20.3 Å². The number of ether oxygens (including phenoxy) is 2. The second-order valence-corrected chi connectivity index (χ2v) is 5.81. The van der Waals surface area contributed by atoms with E-state index in [1.165, 1.54) is 5.56 Å². The van der Waals surface area contributed by atoms with Crippen molar-refractivity contribution in [3.8, 4) is 5.75 Å². The minimum Gasteiger partial charge on any atom is -0.496 e. The molecular weight excluding hydrogens is 280 g/mol. The van der Waals surface area contributed by atoms with Crippen LogP contribution in [0.25, 0.3) is 0 Å². The Labute approximate surface area is 132 Å². The number of methoxy groups -OCH3 is 1. The molecule has 0 aromatic heterocycles. The van der Waals surface area contributed by atoms with E-state index < -0.39 is 0 Å². The highest BCUT2D eigenvalue weighted by atomic mass is 16.5. The van der Waals surface area contributed by atoms with Crippen LogP contribution in [0.4, 0.5) is 4.79 Å². The molecule has 0 spiro atoms. The zero-order valence-electron chi connectivity index (χ0n) is 13.6. The molecule has 1 aromatic rings. The van der Waals surface area contributed by atoms with Crippen LogP contribution in [0.5, 0.6) is 5.75 Å². The van der Waals surface area contributed by atoms with Crippen molar-refractivity contribution in [3.05, 3.63) is 29.3 Å². The monoisotopic (exact) mass is 306 g/mol. The summed E-state index contributed by atoms with van der Waals surface area (Å²) >= 11 is 0. The maximum Gasteiger partial charge on any atom is 0.315 e. The van der Waals surface area contributed by atoms with Crippen LogP contribution in [0.15, 0.2) is 18.2 Å². The molecular formula is C17H26N2O3. The van der Waals surface area contributed by atoms with Gasteiger partial charge >= 0.3 is 6.03 Å². The molecule has 122 valence electrons. The molecule has 1 aliphatic rings. The van der Waals surface area contributed by atoms with Gasteiger partial charge < -0.3 is 20.1 Å². The van der Waals surface area contributed by atoms with E-state index >= 15 is 0 Å². The summed E-state index contributed by atoms with van der Waals surface area (Å²) < 4.78 is 10.9. The average molecular weight is 306 g/mol. The lowest BCUT2D eigenvalue weighted by Crippen LogP contribution is -2.46. The van der Waals surface area contributed by atoms with Gasteiger partial charge in [-0.1, -0.05) is 17.7 Å². The van der Waals surface area contributed by atoms with Gasteiger partial charge in [0.2, 0.25) is 0 Å². The van der Waals surface area contributed by atoms with Crippen molar-refractivity contribution in [3.63, 3.8) is 0 Å². The zero-order chi connectivity index (χ0) is 15.9. The lowest BCUT2D eigenvalue weighted by atomic mass is 10.1. The lowest BCUT2D eigenvalue weighted by molar-refractivity contribution is 0.0860. The van der Waals surface area contributed by atoms with E-state index in [0.29, 0.717) is 6.54 Å². The van der Waals surface area contributed by atoms with Crippen LogP contribution in [0.1, 0.15) is 30.9 Å². The predicted octanol–water partition coefficient (Wildman–Crippen LogP) is 2.41. The first-order valence-corrected chi connectivity index (χ1v) is 7.89. The minimum absolute atomic E-state index is 0.0380. The van der Waals surface area contributed by atoms with Crippen molar-refractivity contribution in [2.45, 2.75) is 45.3 Å². The number of hydrogen-bond donors (Lipinski definition) is 2. The average Bonchev–Trinajstić information content (AvgIpc) is 3.02. The third-order valence-corrected chi connectivity index (χ3v) is 4.00. The normalized spacial score (nSPS) is 18.8. The Morgan fingerprint density at radius 3 is 3.00 bits per heavy atom. The fourth-order valence-corrected chi connectivity index (χ4v) is 2.76. The quantitative estimate of drug-likeness (QED) is 0.848. The van der Waals surface area contributed by atoms with E-state index in [2.05, 4.69) is 16.7 Å². The van der Waals surface area contributed by atoms with Crippen LogP contribution in [-0.4, -0.2) is 38.4 Å². The van der Waals surface area contributed by atoms with Crippen LogP contribution >= 0.6 is 0 Å². The Hall–Kier alpha value is -1.75. The smallest absolute Gasteiger partial charge is 0.315 e. The molecule has 5 nitrogen and oxygen atoms in total. The molecule has 0 radical (unpaired) electrons. The van der Waals surface area contributed by atoms with Crippen LogP contribution in [-0.2, 0) is 11.2 Å². The predicted molar refractivity (Wildman–Crippen MR) is 86.4 cm³/mol. The Morgan fingerprint density at radius 1 is 1.50 bits per heavy atom. The molecule has 0 bridgehead atoms. The molecule has 0 aliphatic carbocycles. The van der Waals surface area contributed by atoms with E-state index in [0.717, 1.165) is 37.2 Å². The second-order valence-electron chi connectivity index (χ2n) is 5.81. The molecule has 2 amide bonds. The first-order chi connectivity index (χ1) is 10.6. The van der Waals surface area contributed by atoms with E-state index in [4.69, 9.17) is 9.47 Å². The maximum absolute atomic E-state index is 11.9. The molecule has 2 N–H and O–H groups in total. The topological polar surface area (TPSA) is 59.6 Å². The van der Waals surface area contributed by atoms with Gasteiger partial charge in [-0.2, -0.15) is 0 Å². The summed E-state index contributed by atoms with van der Waals surface area (Å²) in [7, 11) is 1.66. The Bertz CT molecular complexity index is 499. The SMILES string of the molecule is COc1ccc(C)cc1CCNC(=O)NC(C)C1CCCO1. The first-order valence-electron chi connectivity index (χ1n) is 7.89. The summed E-state index contributed by atoms with van der Waals surface area (Å²) in [4.78, 5) is 11.9. The summed E-state index contributed by atoms with van der Waals surface area (Å²) in [6.07, 6.45) is 2.97. The number of rotatable bonds is 6. The summed E-state index contributed by atoms with van der Waals surface area (Å²) in [5, 5.41) is 5.84. The standard InChI is InChI=1S/C17H26N2O3/c1-12-6-7-16(21-3)14(11-12)8-9-18-17(20)19-13(2)15-5-4-10-22-15/h6-7,11,13,15H,4-5,8-10H2,1-3H3,(H2,18,19,20). The number of carbonyl (C=O) groups excluding carboxylic acids is 1. The van der Waals surface area contributed by atoms with E-state index in [1.54, 1.807) is 7.11 Å². The van der Waals surface area contributed by atoms with Gasteiger partial charge in [0.05, 0.1) is 19.3 Å². The van der Waals surface area contributed by atoms with Crippen molar-refractivity contribution < 1.29 is 14.3 Å². The number of amides is 2. The number of aryl methyl sites for hydroxylation is 1. The van der Waals surface area contributed by atoms with Crippen molar-refractivity contribution >= 4 is 6.03 Å². The molecule has 1 fully saturated rings. The van der Waals surface area contributed by atoms with Crippen molar-refractivity contribution in [1.29, 1.82) is 0 Å². The van der Waals surface area contributed by atoms with Gasteiger partial charge in [-0.25, -0.2) is 4.79 Å². The first kappa shape index (κ1) is 16.6. The van der Waals surface area contributed by atoms with Gasteiger partial charge in [0.25, 0.3) is 0 Å². The number of hydrogen-bond acceptors (Lipinski definition) is 3. The molecule has 1 aliphatic heterocycles. The van der Waals surface area contributed by atoms with E-state index in [1.807, 2.05) is 26.0 Å².